The molecule has 2 atom stereocenters. The second-order valence-electron chi connectivity index (χ2n) is 11.9. The Balaban J connectivity index is 0.000000546. The van der Waals surface area contributed by atoms with Gasteiger partial charge in [0.2, 0.25) is 0 Å². The predicted molar refractivity (Wildman–Crippen MR) is 161 cm³/mol. The van der Waals surface area contributed by atoms with Crippen LogP contribution < -0.4 is 0 Å². The van der Waals surface area contributed by atoms with Gasteiger partial charge in [0.05, 0.1) is 7.11 Å². The van der Waals surface area contributed by atoms with Gasteiger partial charge in [-0.25, -0.2) is 4.79 Å². The minimum atomic E-state index is -0.145. The van der Waals surface area contributed by atoms with Gasteiger partial charge < -0.3 is 19.4 Å². The lowest BCUT2D eigenvalue weighted by atomic mass is 9.88. The molecule has 1 aliphatic heterocycles. The van der Waals surface area contributed by atoms with Crippen LogP contribution in [0.5, 0.6) is 0 Å². The predicted octanol–water partition coefficient (Wildman–Crippen LogP) is 6.73. The summed E-state index contributed by atoms with van der Waals surface area (Å²) in [4.78, 5) is 32.0. The van der Waals surface area contributed by atoms with Crippen molar-refractivity contribution in [1.82, 2.24) is 14.7 Å². The number of hydrogen-bond acceptors (Lipinski definition) is 4. The number of piperidine rings is 1. The van der Waals surface area contributed by atoms with E-state index in [0.717, 1.165) is 57.4 Å². The van der Waals surface area contributed by atoms with Crippen LogP contribution in [-0.2, 0) is 4.74 Å². The summed E-state index contributed by atoms with van der Waals surface area (Å²) in [5.41, 5.74) is 0.777. The Bertz CT molecular complexity index is 977. The Morgan fingerprint density at radius 2 is 1.38 bits per heavy atom. The number of carbonyl (C=O) groups is 2. The van der Waals surface area contributed by atoms with Crippen LogP contribution >= 0.6 is 0 Å². The van der Waals surface area contributed by atoms with Gasteiger partial charge in [0.25, 0.3) is 5.91 Å². The minimum Gasteiger partial charge on any atom is -0.453 e. The minimum absolute atomic E-state index is 0.132. The molecule has 40 heavy (non-hydrogen) atoms. The fourth-order valence-electron chi connectivity index (χ4n) is 6.82. The number of methoxy groups -OCH3 is 1. The highest BCUT2D eigenvalue weighted by Gasteiger charge is 2.34. The van der Waals surface area contributed by atoms with E-state index < -0.39 is 0 Å². The molecule has 2 aliphatic carbocycles. The van der Waals surface area contributed by atoms with Crippen LogP contribution in [0, 0.1) is 11.8 Å². The summed E-state index contributed by atoms with van der Waals surface area (Å²) in [6.45, 7) is 4.06. The summed E-state index contributed by atoms with van der Waals surface area (Å²) in [5.74, 6) is 1.41. The van der Waals surface area contributed by atoms with E-state index in [-0.39, 0.29) is 12.0 Å². The molecule has 0 N–H and O–H groups in total. The standard InChI is InChI=1S/C28H43N3O3.C6H6/c1-29(27(32)24-11-7-4-8-12-24)26-14-13-23(19-26)20-30-17-15-25(16-18-30)31(28(33)34-2)21-22-9-5-3-6-10-22;1-2-4-6-5-3-1/h4,7-8,11-12,22-23,25-26H,3,5-6,9-10,13-21H2,1-2H3;1-6H. The molecule has 1 saturated heterocycles. The molecule has 2 aromatic rings. The first-order chi connectivity index (χ1) is 19.5. The smallest absolute Gasteiger partial charge is 0.409 e. The van der Waals surface area contributed by atoms with Crippen molar-refractivity contribution in [2.45, 2.75) is 76.3 Å². The molecule has 6 heteroatoms. The van der Waals surface area contributed by atoms with Crippen molar-refractivity contribution in [3.05, 3.63) is 72.3 Å². The summed E-state index contributed by atoms with van der Waals surface area (Å²) in [6, 6.07) is 22.3. The average molecular weight is 548 g/mol. The third kappa shape index (κ3) is 8.82. The van der Waals surface area contributed by atoms with Crippen LogP contribution in [0.3, 0.4) is 0 Å². The normalized spacial score (nSPS) is 22.1. The number of likely N-dealkylation sites (tertiary alicyclic amines) is 1. The summed E-state index contributed by atoms with van der Waals surface area (Å²) in [7, 11) is 3.48. The topological polar surface area (TPSA) is 53.1 Å². The molecule has 0 aromatic heterocycles. The number of rotatable bonds is 7. The molecular weight excluding hydrogens is 498 g/mol. The number of ether oxygens (including phenoxy) is 1. The second kappa shape index (κ2) is 15.8. The van der Waals surface area contributed by atoms with Gasteiger partial charge in [-0.2, -0.15) is 0 Å². The van der Waals surface area contributed by atoms with Gasteiger partial charge in [-0.3, -0.25) is 4.79 Å². The number of carbonyl (C=O) groups excluding carboxylic acids is 2. The first-order valence-corrected chi connectivity index (χ1v) is 15.4. The Labute approximate surface area is 241 Å². The lowest BCUT2D eigenvalue weighted by Gasteiger charge is -2.40. The molecule has 0 radical (unpaired) electrons. The molecule has 3 fully saturated rings. The first kappa shape index (κ1) is 30.1. The van der Waals surface area contributed by atoms with Crippen molar-refractivity contribution < 1.29 is 14.3 Å². The van der Waals surface area contributed by atoms with E-state index in [0.29, 0.717) is 23.9 Å². The van der Waals surface area contributed by atoms with Crippen molar-refractivity contribution in [1.29, 1.82) is 0 Å². The van der Waals surface area contributed by atoms with Gasteiger partial charge in [0.1, 0.15) is 0 Å². The molecule has 2 unspecified atom stereocenters. The molecule has 2 saturated carbocycles. The SMILES string of the molecule is COC(=O)N(CC1CCCCC1)C1CCN(CC2CCC(N(C)C(=O)c3ccccc3)C2)CC1.c1ccccc1. The van der Waals surface area contributed by atoms with Crippen LogP contribution in [0.1, 0.15) is 74.6 Å². The van der Waals surface area contributed by atoms with Crippen molar-refractivity contribution in [3.8, 4) is 0 Å². The highest BCUT2D eigenvalue weighted by molar-refractivity contribution is 5.94. The average Bonchev–Trinajstić information content (AvgIpc) is 3.50. The van der Waals surface area contributed by atoms with E-state index in [1.807, 2.05) is 83.6 Å². The number of amides is 2. The lowest BCUT2D eigenvalue weighted by molar-refractivity contribution is 0.0616. The van der Waals surface area contributed by atoms with E-state index in [2.05, 4.69) is 4.90 Å². The highest BCUT2D eigenvalue weighted by atomic mass is 16.5. The van der Waals surface area contributed by atoms with Crippen LogP contribution in [0.15, 0.2) is 66.7 Å². The zero-order chi connectivity index (χ0) is 28.2. The van der Waals surface area contributed by atoms with Crippen molar-refractivity contribution in [3.63, 3.8) is 0 Å². The molecule has 3 aliphatic rings. The lowest BCUT2D eigenvalue weighted by Crippen LogP contribution is -2.49. The second-order valence-corrected chi connectivity index (χ2v) is 11.9. The maximum atomic E-state index is 12.8. The van der Waals surface area contributed by atoms with Crippen LogP contribution in [-0.4, -0.2) is 79.1 Å². The molecule has 6 nitrogen and oxygen atoms in total. The number of benzene rings is 2. The van der Waals surface area contributed by atoms with E-state index >= 15 is 0 Å². The molecule has 218 valence electrons. The Morgan fingerprint density at radius 1 is 0.775 bits per heavy atom. The molecule has 1 heterocycles. The van der Waals surface area contributed by atoms with E-state index in [9.17, 15) is 9.59 Å². The van der Waals surface area contributed by atoms with Gasteiger partial charge in [0.15, 0.2) is 0 Å². The third-order valence-corrected chi connectivity index (χ3v) is 9.17. The Hall–Kier alpha value is -2.86. The van der Waals surface area contributed by atoms with Crippen LogP contribution in [0.25, 0.3) is 0 Å². The number of hydrogen-bond donors (Lipinski definition) is 0. The fourth-order valence-corrected chi connectivity index (χ4v) is 6.82. The first-order valence-electron chi connectivity index (χ1n) is 15.4. The summed E-state index contributed by atoms with van der Waals surface area (Å²) in [6.07, 6.45) is 11.7. The Morgan fingerprint density at radius 3 is 1.98 bits per heavy atom. The van der Waals surface area contributed by atoms with Gasteiger partial charge in [-0.1, -0.05) is 73.9 Å². The zero-order valence-corrected chi connectivity index (χ0v) is 24.6. The quantitative estimate of drug-likeness (QED) is 0.386. The largest absolute Gasteiger partial charge is 0.453 e. The molecule has 0 bridgehead atoms. The zero-order valence-electron chi connectivity index (χ0n) is 24.6. The van der Waals surface area contributed by atoms with Crippen LogP contribution in [0.2, 0.25) is 0 Å². The summed E-state index contributed by atoms with van der Waals surface area (Å²) >= 11 is 0. The maximum Gasteiger partial charge on any atom is 0.409 e. The molecule has 5 rings (SSSR count). The Kier molecular flexibility index (Phi) is 11.9. The third-order valence-electron chi connectivity index (χ3n) is 9.17. The fraction of sp³-hybridized carbons (Fsp3) is 0.588. The van der Waals surface area contributed by atoms with E-state index in [1.54, 1.807) is 0 Å². The maximum absolute atomic E-state index is 12.8. The van der Waals surface area contributed by atoms with Crippen molar-refractivity contribution in [2.24, 2.45) is 11.8 Å². The van der Waals surface area contributed by atoms with E-state index in [4.69, 9.17) is 4.74 Å². The molecule has 2 aromatic carbocycles. The highest BCUT2D eigenvalue weighted by Crippen LogP contribution is 2.32. The van der Waals surface area contributed by atoms with Crippen LogP contribution in [0.4, 0.5) is 4.79 Å². The summed E-state index contributed by atoms with van der Waals surface area (Å²) < 4.78 is 5.17. The van der Waals surface area contributed by atoms with E-state index in [1.165, 1.54) is 45.6 Å². The molecule has 2 amide bonds. The van der Waals surface area contributed by atoms with Crippen molar-refractivity contribution in [2.75, 3.05) is 40.3 Å². The van der Waals surface area contributed by atoms with Gasteiger partial charge in [0, 0.05) is 50.9 Å². The van der Waals surface area contributed by atoms with Crippen molar-refractivity contribution >= 4 is 12.0 Å². The molecule has 0 spiro atoms. The van der Waals surface area contributed by atoms with Gasteiger partial charge >= 0.3 is 6.09 Å². The van der Waals surface area contributed by atoms with Gasteiger partial charge in [-0.05, 0) is 68.9 Å². The van der Waals surface area contributed by atoms with Gasteiger partial charge in [-0.15, -0.1) is 0 Å². The monoisotopic (exact) mass is 547 g/mol. The molecular formula is C34H49N3O3. The number of nitrogens with zero attached hydrogens (tertiary/aromatic N) is 3. The summed E-state index contributed by atoms with van der Waals surface area (Å²) in [5, 5.41) is 0.